The first kappa shape index (κ1) is 13.9. The molecule has 0 saturated carbocycles. The second-order valence-corrected chi connectivity index (χ2v) is 5.31. The van der Waals surface area contributed by atoms with Crippen LogP contribution in [-0.4, -0.2) is 28.5 Å². The van der Waals surface area contributed by atoms with Crippen LogP contribution in [0.4, 0.5) is 4.39 Å². The summed E-state index contributed by atoms with van der Waals surface area (Å²) in [6.45, 7) is 4.14. The summed E-state index contributed by atoms with van der Waals surface area (Å²) in [6.07, 6.45) is 2.77. The lowest BCUT2D eigenvalue weighted by atomic mass is 10.1. The van der Waals surface area contributed by atoms with Gasteiger partial charge in [0.05, 0.1) is 7.11 Å². The second-order valence-electron chi connectivity index (χ2n) is 5.31. The van der Waals surface area contributed by atoms with Crippen molar-refractivity contribution in [2.75, 3.05) is 13.7 Å². The Hall–Kier alpha value is -2.01. The minimum absolute atomic E-state index is 0.222. The Kier molecular flexibility index (Phi) is 3.84. The number of benzene rings is 1. The van der Waals surface area contributed by atoms with E-state index in [1.807, 2.05) is 13.1 Å². The fourth-order valence-corrected chi connectivity index (χ4v) is 2.63. The normalized spacial score (nSPS) is 14.8. The molecule has 0 aliphatic carbocycles. The highest BCUT2D eigenvalue weighted by molar-refractivity contribution is 5.29. The first-order valence-electron chi connectivity index (χ1n) is 7.02. The van der Waals surface area contributed by atoms with Gasteiger partial charge in [-0.15, -0.1) is 0 Å². The summed E-state index contributed by atoms with van der Waals surface area (Å²) in [5, 5.41) is 0. The Morgan fingerprint density at radius 3 is 3.00 bits per heavy atom. The quantitative estimate of drug-likeness (QED) is 0.869. The summed E-state index contributed by atoms with van der Waals surface area (Å²) in [4.78, 5) is 10.9. The molecular formula is C16H18FN3O. The number of halogens is 1. The summed E-state index contributed by atoms with van der Waals surface area (Å²) in [7, 11) is 1.54. The summed E-state index contributed by atoms with van der Waals surface area (Å²) in [5.41, 5.74) is 2.95. The number of nitrogens with zero attached hydrogens (tertiary/aromatic N) is 3. The van der Waals surface area contributed by atoms with Crippen molar-refractivity contribution in [3.05, 3.63) is 52.9 Å². The number of ether oxygens (including phenoxy) is 1. The Morgan fingerprint density at radius 1 is 1.38 bits per heavy atom. The molecule has 110 valence electrons. The molecule has 1 aromatic heterocycles. The van der Waals surface area contributed by atoms with Crippen LogP contribution in [0.15, 0.2) is 24.4 Å². The van der Waals surface area contributed by atoms with Crippen LogP contribution in [0.5, 0.6) is 5.75 Å². The zero-order valence-electron chi connectivity index (χ0n) is 12.3. The van der Waals surface area contributed by atoms with Gasteiger partial charge in [-0.3, -0.25) is 4.90 Å². The molecule has 1 aliphatic heterocycles. The zero-order valence-corrected chi connectivity index (χ0v) is 12.3. The third kappa shape index (κ3) is 3.03. The number of rotatable bonds is 3. The van der Waals surface area contributed by atoms with Gasteiger partial charge in [-0.05, 0) is 13.0 Å². The molecule has 2 aromatic rings. The third-order valence-corrected chi connectivity index (χ3v) is 3.79. The maximum absolute atomic E-state index is 14.0. The van der Waals surface area contributed by atoms with Crippen LogP contribution in [0, 0.1) is 12.7 Å². The molecular weight excluding hydrogens is 269 g/mol. The van der Waals surface area contributed by atoms with Crippen LogP contribution in [0.2, 0.25) is 0 Å². The molecule has 4 nitrogen and oxygen atoms in total. The Bertz CT molecular complexity index is 660. The van der Waals surface area contributed by atoms with Crippen molar-refractivity contribution in [1.29, 1.82) is 0 Å². The molecule has 0 atom stereocenters. The molecule has 0 unspecified atom stereocenters. The van der Waals surface area contributed by atoms with Gasteiger partial charge in [0, 0.05) is 55.1 Å². The molecule has 0 bridgehead atoms. The first-order valence-corrected chi connectivity index (χ1v) is 7.02. The average Bonchev–Trinajstić information content (AvgIpc) is 2.49. The summed E-state index contributed by atoms with van der Waals surface area (Å²) in [5.74, 6) is 1.13. The highest BCUT2D eigenvalue weighted by Gasteiger charge is 2.19. The molecule has 0 radical (unpaired) electrons. The summed E-state index contributed by atoms with van der Waals surface area (Å²) in [6, 6.07) is 5.01. The van der Waals surface area contributed by atoms with Crippen LogP contribution in [0.25, 0.3) is 0 Å². The van der Waals surface area contributed by atoms with E-state index < -0.39 is 0 Å². The second kappa shape index (κ2) is 5.77. The van der Waals surface area contributed by atoms with Crippen molar-refractivity contribution < 1.29 is 9.13 Å². The Morgan fingerprint density at radius 2 is 2.24 bits per heavy atom. The van der Waals surface area contributed by atoms with E-state index in [0.29, 0.717) is 17.9 Å². The summed E-state index contributed by atoms with van der Waals surface area (Å²) < 4.78 is 19.0. The molecule has 0 spiro atoms. The number of hydrogen-bond acceptors (Lipinski definition) is 4. The SMILES string of the molecule is COc1ccc(CN2CCc3nc(C)ncc3C2)c(F)c1. The van der Waals surface area contributed by atoms with E-state index in [1.54, 1.807) is 12.1 Å². The van der Waals surface area contributed by atoms with Gasteiger partial charge in [0.2, 0.25) is 0 Å². The summed E-state index contributed by atoms with van der Waals surface area (Å²) >= 11 is 0. The lowest BCUT2D eigenvalue weighted by Crippen LogP contribution is -2.31. The van der Waals surface area contributed by atoms with E-state index in [0.717, 1.165) is 36.6 Å². The minimum Gasteiger partial charge on any atom is -0.497 e. The van der Waals surface area contributed by atoms with Gasteiger partial charge in [0.15, 0.2) is 0 Å². The van der Waals surface area contributed by atoms with E-state index in [4.69, 9.17) is 4.74 Å². The molecule has 1 aliphatic rings. The molecule has 0 fully saturated rings. The highest BCUT2D eigenvalue weighted by atomic mass is 19.1. The standard InChI is InChI=1S/C16H18FN3O/c1-11-18-8-13-10-20(6-5-16(13)19-11)9-12-3-4-14(21-2)7-15(12)17/h3-4,7-8H,5-6,9-10H2,1-2H3. The van der Waals surface area contributed by atoms with E-state index in [-0.39, 0.29) is 5.82 Å². The van der Waals surface area contributed by atoms with Gasteiger partial charge in [-0.25, -0.2) is 14.4 Å². The molecule has 1 aromatic carbocycles. The van der Waals surface area contributed by atoms with Gasteiger partial charge in [-0.1, -0.05) is 6.07 Å². The lowest BCUT2D eigenvalue weighted by Gasteiger charge is -2.28. The van der Waals surface area contributed by atoms with Gasteiger partial charge in [-0.2, -0.15) is 0 Å². The Labute approximate surface area is 123 Å². The minimum atomic E-state index is -0.222. The topological polar surface area (TPSA) is 38.2 Å². The molecule has 21 heavy (non-hydrogen) atoms. The number of fused-ring (bicyclic) bond motifs is 1. The predicted octanol–water partition coefficient (Wildman–Crippen LogP) is 2.49. The molecule has 0 amide bonds. The smallest absolute Gasteiger partial charge is 0.131 e. The van der Waals surface area contributed by atoms with Crippen molar-refractivity contribution in [2.45, 2.75) is 26.4 Å². The maximum Gasteiger partial charge on any atom is 0.131 e. The van der Waals surface area contributed by atoms with Gasteiger partial charge >= 0.3 is 0 Å². The van der Waals surface area contributed by atoms with Crippen molar-refractivity contribution in [2.24, 2.45) is 0 Å². The highest BCUT2D eigenvalue weighted by Crippen LogP contribution is 2.21. The molecule has 3 rings (SSSR count). The zero-order chi connectivity index (χ0) is 14.8. The van der Waals surface area contributed by atoms with Crippen LogP contribution in [0.3, 0.4) is 0 Å². The van der Waals surface area contributed by atoms with Crippen LogP contribution in [0.1, 0.15) is 22.6 Å². The Balaban J connectivity index is 1.74. The van der Waals surface area contributed by atoms with Crippen molar-refractivity contribution in [3.8, 4) is 5.75 Å². The fraction of sp³-hybridized carbons (Fsp3) is 0.375. The van der Waals surface area contributed by atoms with Gasteiger partial charge in [0.1, 0.15) is 17.4 Å². The van der Waals surface area contributed by atoms with E-state index in [2.05, 4.69) is 14.9 Å². The number of methoxy groups -OCH3 is 1. The number of hydrogen-bond donors (Lipinski definition) is 0. The maximum atomic E-state index is 14.0. The molecule has 0 saturated heterocycles. The van der Waals surface area contributed by atoms with Crippen molar-refractivity contribution in [3.63, 3.8) is 0 Å². The van der Waals surface area contributed by atoms with Crippen LogP contribution >= 0.6 is 0 Å². The van der Waals surface area contributed by atoms with Gasteiger partial charge in [0.25, 0.3) is 0 Å². The lowest BCUT2D eigenvalue weighted by molar-refractivity contribution is 0.239. The molecule has 0 N–H and O–H groups in total. The number of aryl methyl sites for hydroxylation is 1. The van der Waals surface area contributed by atoms with E-state index in [1.165, 1.54) is 13.2 Å². The first-order chi connectivity index (χ1) is 10.2. The predicted molar refractivity (Wildman–Crippen MR) is 77.5 cm³/mol. The largest absolute Gasteiger partial charge is 0.497 e. The molecule has 5 heteroatoms. The van der Waals surface area contributed by atoms with E-state index in [9.17, 15) is 4.39 Å². The van der Waals surface area contributed by atoms with Crippen molar-refractivity contribution in [1.82, 2.24) is 14.9 Å². The van der Waals surface area contributed by atoms with E-state index >= 15 is 0 Å². The van der Waals surface area contributed by atoms with Crippen LogP contribution in [-0.2, 0) is 19.5 Å². The fourth-order valence-electron chi connectivity index (χ4n) is 2.63. The third-order valence-electron chi connectivity index (χ3n) is 3.79. The average molecular weight is 287 g/mol. The monoisotopic (exact) mass is 287 g/mol. The van der Waals surface area contributed by atoms with Crippen molar-refractivity contribution >= 4 is 0 Å². The van der Waals surface area contributed by atoms with Crippen LogP contribution < -0.4 is 4.74 Å². The molecule has 2 heterocycles. The van der Waals surface area contributed by atoms with Gasteiger partial charge < -0.3 is 4.74 Å². The number of aromatic nitrogens is 2.